The molecule has 0 saturated carbocycles. The van der Waals surface area contributed by atoms with Crippen LogP contribution in [-0.4, -0.2) is 44.5 Å². The Bertz CT molecular complexity index is 365. The van der Waals surface area contributed by atoms with Gasteiger partial charge < -0.3 is 18.9 Å². The number of esters is 2. The first-order valence-corrected chi connectivity index (χ1v) is 7.78. The van der Waals surface area contributed by atoms with E-state index in [2.05, 4.69) is 6.58 Å². The monoisotopic (exact) mass is 330 g/mol. The van der Waals surface area contributed by atoms with Gasteiger partial charge in [0.05, 0.1) is 26.4 Å². The minimum absolute atomic E-state index is 0.278. The smallest absolute Gasteiger partial charge is 0.466 e. The normalized spacial score (nSPS) is 9.78. The zero-order valence-electron chi connectivity index (χ0n) is 13.7. The number of unbranched alkanes of at least 4 members (excludes halogenated alkanes) is 4. The quantitative estimate of drug-likeness (QED) is 0.222. The molecular weight excluding hydrogens is 304 g/mol. The maximum Gasteiger partial charge on any atom is 0.508 e. The van der Waals surface area contributed by atoms with E-state index in [1.165, 1.54) is 6.92 Å². The van der Waals surface area contributed by atoms with Crippen LogP contribution in [0.4, 0.5) is 4.79 Å². The van der Waals surface area contributed by atoms with Crippen molar-refractivity contribution >= 4 is 18.1 Å². The first kappa shape index (κ1) is 20.9. The summed E-state index contributed by atoms with van der Waals surface area (Å²) in [7, 11) is 0. The van der Waals surface area contributed by atoms with E-state index in [4.69, 9.17) is 18.9 Å². The standard InChI is InChI=1S/C16H26O7/c1-3-15(18)21-11-7-5-9-13-23-16(19)22-12-8-4-6-10-20-14(2)17/h3H,1,4-13H2,2H3. The highest BCUT2D eigenvalue weighted by Gasteiger charge is 2.03. The predicted octanol–water partition coefficient (Wildman–Crippen LogP) is 2.77. The van der Waals surface area contributed by atoms with Crippen molar-refractivity contribution in [3.8, 4) is 0 Å². The molecule has 0 atom stereocenters. The van der Waals surface area contributed by atoms with Crippen LogP contribution in [0.1, 0.15) is 45.4 Å². The van der Waals surface area contributed by atoms with Crippen LogP contribution in [0.5, 0.6) is 0 Å². The van der Waals surface area contributed by atoms with E-state index in [-0.39, 0.29) is 19.2 Å². The molecule has 0 heterocycles. The van der Waals surface area contributed by atoms with Crippen molar-refractivity contribution in [2.45, 2.75) is 45.4 Å². The molecule has 0 unspecified atom stereocenters. The average molecular weight is 330 g/mol. The summed E-state index contributed by atoms with van der Waals surface area (Å²) in [5.41, 5.74) is 0. The van der Waals surface area contributed by atoms with Gasteiger partial charge in [-0.3, -0.25) is 4.79 Å². The molecule has 23 heavy (non-hydrogen) atoms. The van der Waals surface area contributed by atoms with Gasteiger partial charge in [-0.1, -0.05) is 6.58 Å². The van der Waals surface area contributed by atoms with Crippen LogP contribution in [0.3, 0.4) is 0 Å². The SMILES string of the molecule is C=CC(=O)OCCCCCOC(=O)OCCCCCOC(C)=O. The number of hydrogen-bond donors (Lipinski definition) is 0. The summed E-state index contributed by atoms with van der Waals surface area (Å²) in [4.78, 5) is 32.5. The second-order valence-electron chi connectivity index (χ2n) is 4.78. The van der Waals surface area contributed by atoms with Gasteiger partial charge in [-0.05, 0) is 38.5 Å². The van der Waals surface area contributed by atoms with Crippen LogP contribution in [0.2, 0.25) is 0 Å². The summed E-state index contributed by atoms with van der Waals surface area (Å²) in [6.45, 7) is 5.96. The molecule has 0 saturated heterocycles. The topological polar surface area (TPSA) is 88.1 Å². The van der Waals surface area contributed by atoms with E-state index >= 15 is 0 Å². The minimum atomic E-state index is -0.678. The van der Waals surface area contributed by atoms with E-state index in [0.29, 0.717) is 32.5 Å². The van der Waals surface area contributed by atoms with Crippen LogP contribution >= 0.6 is 0 Å². The largest absolute Gasteiger partial charge is 0.508 e. The van der Waals surface area contributed by atoms with Gasteiger partial charge in [0.25, 0.3) is 0 Å². The molecule has 0 aromatic carbocycles. The molecule has 0 spiro atoms. The van der Waals surface area contributed by atoms with Crippen molar-refractivity contribution < 1.29 is 33.3 Å². The lowest BCUT2D eigenvalue weighted by Crippen LogP contribution is -2.10. The molecule has 7 heteroatoms. The van der Waals surface area contributed by atoms with Gasteiger partial charge in [0.2, 0.25) is 0 Å². The highest BCUT2D eigenvalue weighted by molar-refractivity contribution is 5.81. The third kappa shape index (κ3) is 16.2. The lowest BCUT2D eigenvalue weighted by atomic mass is 10.2. The van der Waals surface area contributed by atoms with Crippen LogP contribution < -0.4 is 0 Å². The summed E-state index contributed by atoms with van der Waals surface area (Å²) < 4.78 is 19.4. The Labute approximate surface area is 136 Å². The van der Waals surface area contributed by atoms with Gasteiger partial charge in [0.15, 0.2) is 0 Å². The zero-order valence-corrected chi connectivity index (χ0v) is 13.7. The molecule has 0 aliphatic rings. The minimum Gasteiger partial charge on any atom is -0.466 e. The van der Waals surface area contributed by atoms with E-state index in [0.717, 1.165) is 25.3 Å². The summed E-state index contributed by atoms with van der Waals surface area (Å²) >= 11 is 0. The number of carbonyl (C=O) groups excluding carboxylic acids is 3. The van der Waals surface area contributed by atoms with Crippen LogP contribution in [-0.2, 0) is 28.5 Å². The van der Waals surface area contributed by atoms with Crippen molar-refractivity contribution in [1.29, 1.82) is 0 Å². The van der Waals surface area contributed by atoms with Crippen molar-refractivity contribution in [2.24, 2.45) is 0 Å². The van der Waals surface area contributed by atoms with Crippen LogP contribution in [0.15, 0.2) is 12.7 Å². The first-order chi connectivity index (χ1) is 11.1. The number of ether oxygens (including phenoxy) is 4. The summed E-state index contributed by atoms with van der Waals surface area (Å²) in [6.07, 6.45) is 4.87. The van der Waals surface area contributed by atoms with Gasteiger partial charge in [0.1, 0.15) is 0 Å². The fraction of sp³-hybridized carbons (Fsp3) is 0.688. The Morgan fingerprint density at radius 1 is 0.739 bits per heavy atom. The molecule has 0 aromatic rings. The maximum atomic E-state index is 11.2. The van der Waals surface area contributed by atoms with Crippen molar-refractivity contribution in [2.75, 3.05) is 26.4 Å². The fourth-order valence-electron chi connectivity index (χ4n) is 1.56. The summed E-state index contributed by atoms with van der Waals surface area (Å²) in [5.74, 6) is -0.721. The molecule has 132 valence electrons. The third-order valence-electron chi connectivity index (χ3n) is 2.73. The second kappa shape index (κ2) is 14.9. The lowest BCUT2D eigenvalue weighted by Gasteiger charge is -2.06. The molecule has 0 N–H and O–H groups in total. The molecule has 0 bridgehead atoms. The number of rotatable bonds is 13. The third-order valence-corrected chi connectivity index (χ3v) is 2.73. The average Bonchev–Trinajstić information content (AvgIpc) is 2.52. The molecule has 0 aliphatic carbocycles. The van der Waals surface area contributed by atoms with Gasteiger partial charge in [-0.2, -0.15) is 0 Å². The maximum absolute atomic E-state index is 11.2. The molecule has 0 rings (SSSR count). The van der Waals surface area contributed by atoms with E-state index in [1.54, 1.807) is 0 Å². The Balaban J connectivity index is 3.26. The first-order valence-electron chi connectivity index (χ1n) is 7.78. The summed E-state index contributed by atoms with van der Waals surface area (Å²) in [6, 6.07) is 0. The van der Waals surface area contributed by atoms with E-state index < -0.39 is 12.1 Å². The van der Waals surface area contributed by atoms with Gasteiger partial charge in [0, 0.05) is 13.0 Å². The second-order valence-corrected chi connectivity index (χ2v) is 4.78. The highest BCUT2D eigenvalue weighted by atomic mass is 16.7. The van der Waals surface area contributed by atoms with Gasteiger partial charge >= 0.3 is 18.1 Å². The molecule has 0 aliphatic heterocycles. The molecule has 0 fully saturated rings. The van der Waals surface area contributed by atoms with Crippen LogP contribution in [0.25, 0.3) is 0 Å². The Hall–Kier alpha value is -2.05. The Morgan fingerprint density at radius 2 is 1.17 bits per heavy atom. The van der Waals surface area contributed by atoms with Crippen molar-refractivity contribution in [3.05, 3.63) is 12.7 Å². The van der Waals surface area contributed by atoms with Crippen molar-refractivity contribution in [3.63, 3.8) is 0 Å². The summed E-state index contributed by atoms with van der Waals surface area (Å²) in [5, 5.41) is 0. The van der Waals surface area contributed by atoms with Gasteiger partial charge in [-0.25, -0.2) is 9.59 Å². The lowest BCUT2D eigenvalue weighted by molar-refractivity contribution is -0.141. The Kier molecular flexibility index (Phi) is 13.5. The molecule has 0 aromatic heterocycles. The molecular formula is C16H26O7. The van der Waals surface area contributed by atoms with Crippen molar-refractivity contribution in [1.82, 2.24) is 0 Å². The molecule has 7 nitrogen and oxygen atoms in total. The van der Waals surface area contributed by atoms with E-state index in [9.17, 15) is 14.4 Å². The van der Waals surface area contributed by atoms with Crippen LogP contribution in [0, 0.1) is 0 Å². The highest BCUT2D eigenvalue weighted by Crippen LogP contribution is 2.00. The zero-order chi connectivity index (χ0) is 17.3. The number of hydrogen-bond acceptors (Lipinski definition) is 7. The molecule has 0 radical (unpaired) electrons. The van der Waals surface area contributed by atoms with E-state index in [1.807, 2.05) is 0 Å². The fourth-order valence-corrected chi connectivity index (χ4v) is 1.56. The predicted molar refractivity (Wildman–Crippen MR) is 82.8 cm³/mol. The van der Waals surface area contributed by atoms with Gasteiger partial charge in [-0.15, -0.1) is 0 Å². The molecule has 0 amide bonds. The Morgan fingerprint density at radius 3 is 1.61 bits per heavy atom. The number of carbonyl (C=O) groups is 3.